The van der Waals surface area contributed by atoms with Crippen molar-refractivity contribution in [2.24, 2.45) is 0 Å². The van der Waals surface area contributed by atoms with Gasteiger partial charge in [-0.1, -0.05) is 97.1 Å². The predicted octanol–water partition coefficient (Wildman–Crippen LogP) is 4.49. The van der Waals surface area contributed by atoms with Crippen LogP contribution in [0.1, 0.15) is 17.1 Å². The number of rotatable bonds is 4. The average molecular weight is 421 g/mol. The van der Waals surface area contributed by atoms with Crippen molar-refractivity contribution in [2.45, 2.75) is 13.8 Å². The van der Waals surface area contributed by atoms with Crippen molar-refractivity contribution in [3.63, 3.8) is 0 Å². The van der Waals surface area contributed by atoms with Crippen LogP contribution >= 0.6 is 6.89 Å². The normalized spacial score (nSPS) is 11.5. The van der Waals surface area contributed by atoms with Gasteiger partial charge in [-0.05, 0) is 54.1 Å². The first-order valence-electron chi connectivity index (χ1n) is 10.4. The molecular weight excluding hydrogens is 397 g/mol. The summed E-state index contributed by atoms with van der Waals surface area (Å²) in [6.07, 6.45) is 0. The zero-order valence-corrected chi connectivity index (χ0v) is 18.6. The Morgan fingerprint density at radius 2 is 1.13 bits per heavy atom. The maximum Gasteiger partial charge on any atom is 0.176 e. The van der Waals surface area contributed by atoms with Gasteiger partial charge in [0.05, 0.1) is 0 Å². The first kappa shape index (κ1) is 19.5. The molecule has 0 aliphatic heterocycles. The van der Waals surface area contributed by atoms with Crippen LogP contribution in [0.25, 0.3) is 5.65 Å². The summed E-state index contributed by atoms with van der Waals surface area (Å²) in [6, 6.07) is 36.5. The number of nitrogens with zero attached hydrogens (tertiary/aromatic N) is 3. The van der Waals surface area contributed by atoms with E-state index in [0.29, 0.717) is 0 Å². The zero-order chi connectivity index (χ0) is 21.3. The minimum absolute atomic E-state index is 0.766. The highest BCUT2D eigenvalue weighted by Crippen LogP contribution is 2.44. The second kappa shape index (κ2) is 8.02. The molecule has 3 aromatic carbocycles. The summed E-state index contributed by atoms with van der Waals surface area (Å²) in [5.41, 5.74) is 3.12. The first-order valence-corrected chi connectivity index (χ1v) is 12.3. The van der Waals surface area contributed by atoms with Gasteiger partial charge in [0.25, 0.3) is 0 Å². The Labute approximate surface area is 183 Å². The standard InChI is InChI=1S/C27H24N3P/c1-21-18-19-22(2)30-27(21)28-26(29-30)20-31(23-12-6-3-7-13-23,24-14-8-4-9-15-24)25-16-10-5-11-17-25/h3-20H,1-2H3. The molecular formula is C27H24N3P. The maximum atomic E-state index is 4.96. The van der Waals surface area contributed by atoms with Gasteiger partial charge in [0, 0.05) is 5.69 Å². The van der Waals surface area contributed by atoms with Gasteiger partial charge < -0.3 is 0 Å². The Bertz CT molecular complexity index is 1250. The van der Waals surface area contributed by atoms with Gasteiger partial charge in [-0.15, -0.1) is 5.10 Å². The van der Waals surface area contributed by atoms with Gasteiger partial charge in [-0.25, -0.2) is 9.50 Å². The van der Waals surface area contributed by atoms with Crippen LogP contribution < -0.4 is 15.9 Å². The van der Waals surface area contributed by atoms with E-state index in [1.54, 1.807) is 0 Å². The third kappa shape index (κ3) is 3.41. The summed E-state index contributed by atoms with van der Waals surface area (Å²) in [5.74, 6) is 3.08. The number of benzene rings is 3. The van der Waals surface area contributed by atoms with E-state index >= 15 is 0 Å². The van der Waals surface area contributed by atoms with E-state index in [1.807, 2.05) is 4.52 Å². The third-order valence-electron chi connectivity index (χ3n) is 5.68. The average Bonchev–Trinajstić information content (AvgIpc) is 3.27. The molecule has 0 saturated carbocycles. The topological polar surface area (TPSA) is 30.2 Å². The monoisotopic (exact) mass is 421 g/mol. The van der Waals surface area contributed by atoms with Crippen molar-refractivity contribution in [1.82, 2.24) is 14.6 Å². The van der Waals surface area contributed by atoms with Crippen LogP contribution in [0.5, 0.6) is 0 Å². The molecule has 0 atom stereocenters. The van der Waals surface area contributed by atoms with E-state index in [-0.39, 0.29) is 0 Å². The number of aryl methyl sites for hydroxylation is 2. The van der Waals surface area contributed by atoms with E-state index in [0.717, 1.165) is 22.7 Å². The molecule has 2 heterocycles. The Hall–Kier alpha value is -3.42. The smallest absolute Gasteiger partial charge is 0.176 e. The van der Waals surface area contributed by atoms with Gasteiger partial charge in [0.2, 0.25) is 0 Å². The molecule has 5 rings (SSSR count). The van der Waals surface area contributed by atoms with Crippen molar-refractivity contribution in [2.75, 3.05) is 0 Å². The van der Waals surface area contributed by atoms with E-state index in [1.165, 1.54) is 15.9 Å². The molecule has 0 amide bonds. The van der Waals surface area contributed by atoms with Gasteiger partial charge in [0.15, 0.2) is 11.5 Å². The molecule has 0 unspecified atom stereocenters. The number of fused-ring (bicyclic) bond motifs is 1. The van der Waals surface area contributed by atoms with Crippen LogP contribution in [0.2, 0.25) is 0 Å². The molecule has 0 fully saturated rings. The second-order valence-corrected chi connectivity index (χ2v) is 11.0. The molecule has 2 aromatic heterocycles. The molecule has 0 bridgehead atoms. The molecule has 0 spiro atoms. The summed E-state index contributed by atoms with van der Waals surface area (Å²) in [4.78, 5) is 4.96. The van der Waals surface area contributed by atoms with Crippen molar-refractivity contribution in [3.05, 3.63) is 120 Å². The van der Waals surface area contributed by atoms with Gasteiger partial charge in [0.1, 0.15) is 0 Å². The molecule has 3 nitrogen and oxygen atoms in total. The zero-order valence-electron chi connectivity index (χ0n) is 17.7. The van der Waals surface area contributed by atoms with Crippen LogP contribution in [-0.2, 0) is 0 Å². The predicted molar refractivity (Wildman–Crippen MR) is 133 cm³/mol. The highest BCUT2D eigenvalue weighted by atomic mass is 31.2. The first-order chi connectivity index (χ1) is 15.2. The quantitative estimate of drug-likeness (QED) is 0.400. The molecule has 0 aliphatic rings. The Balaban J connectivity index is 1.91. The number of hydrogen-bond donors (Lipinski definition) is 0. The van der Waals surface area contributed by atoms with Crippen LogP contribution in [0.4, 0.5) is 0 Å². The van der Waals surface area contributed by atoms with Gasteiger partial charge in [-0.3, -0.25) is 0 Å². The minimum Gasteiger partial charge on any atom is -0.217 e. The fraction of sp³-hybridized carbons (Fsp3) is 0.0741. The highest BCUT2D eigenvalue weighted by Gasteiger charge is 2.26. The minimum atomic E-state index is -2.12. The number of hydrogen-bond acceptors (Lipinski definition) is 2. The molecule has 5 aromatic rings. The van der Waals surface area contributed by atoms with E-state index in [9.17, 15) is 0 Å². The lowest BCUT2D eigenvalue weighted by Gasteiger charge is -2.28. The number of pyridine rings is 1. The Kier molecular flexibility index (Phi) is 5.05. The van der Waals surface area contributed by atoms with E-state index in [2.05, 4.69) is 123 Å². The van der Waals surface area contributed by atoms with Crippen molar-refractivity contribution < 1.29 is 0 Å². The van der Waals surface area contributed by atoms with Gasteiger partial charge in [-0.2, -0.15) is 0 Å². The van der Waals surface area contributed by atoms with Crippen LogP contribution in [0.3, 0.4) is 0 Å². The van der Waals surface area contributed by atoms with Crippen molar-refractivity contribution in [3.8, 4) is 0 Å². The SMILES string of the molecule is Cc1ccc(C)n2nc(C=P(c3ccccc3)(c3ccccc3)c3ccccc3)nc12. The molecule has 31 heavy (non-hydrogen) atoms. The summed E-state index contributed by atoms with van der Waals surface area (Å²) < 4.78 is 1.96. The summed E-state index contributed by atoms with van der Waals surface area (Å²) >= 11 is 0. The Morgan fingerprint density at radius 1 is 0.645 bits per heavy atom. The highest BCUT2D eigenvalue weighted by molar-refractivity contribution is 7.94. The van der Waals surface area contributed by atoms with Crippen molar-refractivity contribution in [1.29, 1.82) is 0 Å². The summed E-state index contributed by atoms with van der Waals surface area (Å²) in [6.45, 7) is 2.03. The van der Waals surface area contributed by atoms with Crippen molar-refractivity contribution >= 4 is 34.2 Å². The molecule has 4 heteroatoms. The molecule has 152 valence electrons. The van der Waals surface area contributed by atoms with Crippen LogP contribution in [0.15, 0.2) is 103 Å². The summed E-state index contributed by atoms with van der Waals surface area (Å²) in [5, 5.41) is 8.79. The lowest BCUT2D eigenvalue weighted by Crippen LogP contribution is -2.27. The summed E-state index contributed by atoms with van der Waals surface area (Å²) in [7, 11) is 0. The molecule has 0 radical (unpaired) electrons. The number of aromatic nitrogens is 3. The van der Waals surface area contributed by atoms with Crippen LogP contribution in [0, 0.1) is 13.8 Å². The lowest BCUT2D eigenvalue weighted by molar-refractivity contribution is 0.907. The second-order valence-electron chi connectivity index (χ2n) is 7.72. The van der Waals surface area contributed by atoms with Gasteiger partial charge >= 0.3 is 0 Å². The molecule has 0 aliphatic carbocycles. The lowest BCUT2D eigenvalue weighted by atomic mass is 10.3. The van der Waals surface area contributed by atoms with E-state index in [4.69, 9.17) is 10.1 Å². The Morgan fingerprint density at radius 3 is 1.58 bits per heavy atom. The fourth-order valence-corrected chi connectivity index (χ4v) is 7.83. The molecule has 0 N–H and O–H groups in total. The fourth-order valence-electron chi connectivity index (χ4n) is 4.11. The van der Waals surface area contributed by atoms with E-state index < -0.39 is 6.89 Å². The third-order valence-corrected chi connectivity index (χ3v) is 9.64. The molecule has 0 saturated heterocycles. The largest absolute Gasteiger partial charge is 0.217 e. The maximum absolute atomic E-state index is 4.96. The van der Waals surface area contributed by atoms with Crippen LogP contribution in [-0.4, -0.2) is 20.4 Å².